The Labute approximate surface area is 92.5 Å². The van der Waals surface area contributed by atoms with Crippen molar-refractivity contribution in [1.29, 1.82) is 0 Å². The van der Waals surface area contributed by atoms with Crippen molar-refractivity contribution < 1.29 is 4.39 Å². The lowest BCUT2D eigenvalue weighted by Gasteiger charge is -2.09. The lowest BCUT2D eigenvalue weighted by atomic mass is 10.1. The number of hydrogen-bond donors (Lipinski definition) is 0. The number of pyridine rings is 1. The van der Waals surface area contributed by atoms with Crippen LogP contribution < -0.4 is 0 Å². The van der Waals surface area contributed by atoms with Gasteiger partial charge in [0.1, 0.15) is 5.82 Å². The number of nitrogens with zero attached hydrogens (tertiary/aromatic N) is 1. The largest absolute Gasteiger partial charge is 0.265 e. The maximum absolute atomic E-state index is 12.7. The zero-order chi connectivity index (χ0) is 10.7. The standard InChI is InChI=1S/C12H9ClFN/c13-12(10-5-7-15-8-6-10)9-1-3-11(14)4-2-9/h1-8,12H. The molecule has 2 rings (SSSR count). The highest BCUT2D eigenvalue weighted by molar-refractivity contribution is 6.22. The van der Waals surface area contributed by atoms with Crippen molar-refractivity contribution in [1.82, 2.24) is 4.98 Å². The van der Waals surface area contributed by atoms with Crippen molar-refractivity contribution in [2.24, 2.45) is 0 Å². The van der Waals surface area contributed by atoms with E-state index in [1.54, 1.807) is 24.5 Å². The van der Waals surface area contributed by atoms with Crippen molar-refractivity contribution in [2.45, 2.75) is 5.38 Å². The molecule has 15 heavy (non-hydrogen) atoms. The van der Waals surface area contributed by atoms with Gasteiger partial charge >= 0.3 is 0 Å². The van der Waals surface area contributed by atoms with Crippen molar-refractivity contribution in [3.8, 4) is 0 Å². The third kappa shape index (κ3) is 2.34. The predicted molar refractivity (Wildman–Crippen MR) is 58.3 cm³/mol. The third-order valence-corrected chi connectivity index (χ3v) is 2.67. The van der Waals surface area contributed by atoms with E-state index in [2.05, 4.69) is 4.98 Å². The van der Waals surface area contributed by atoms with Crippen LogP contribution in [0.15, 0.2) is 48.8 Å². The van der Waals surface area contributed by atoms with Gasteiger partial charge in [-0.15, -0.1) is 11.6 Å². The Morgan fingerprint density at radius 3 is 2.07 bits per heavy atom. The smallest absolute Gasteiger partial charge is 0.123 e. The minimum atomic E-state index is -0.256. The molecular weight excluding hydrogens is 213 g/mol. The lowest BCUT2D eigenvalue weighted by Crippen LogP contribution is -1.93. The monoisotopic (exact) mass is 221 g/mol. The van der Waals surface area contributed by atoms with Crippen LogP contribution in [0.5, 0.6) is 0 Å². The molecule has 1 unspecified atom stereocenters. The van der Waals surface area contributed by atoms with Gasteiger partial charge in [0.05, 0.1) is 5.38 Å². The Bertz CT molecular complexity index is 427. The van der Waals surface area contributed by atoms with Gasteiger partial charge in [-0.3, -0.25) is 4.98 Å². The summed E-state index contributed by atoms with van der Waals surface area (Å²) in [5, 5.41) is -0.256. The molecule has 0 aliphatic rings. The first-order chi connectivity index (χ1) is 7.27. The fourth-order valence-electron chi connectivity index (χ4n) is 1.36. The van der Waals surface area contributed by atoms with E-state index in [1.807, 2.05) is 12.1 Å². The van der Waals surface area contributed by atoms with Crippen molar-refractivity contribution in [2.75, 3.05) is 0 Å². The molecule has 0 aliphatic carbocycles. The molecule has 1 aromatic carbocycles. The molecule has 0 saturated heterocycles. The van der Waals surface area contributed by atoms with Crippen LogP contribution in [0.1, 0.15) is 16.5 Å². The van der Waals surface area contributed by atoms with E-state index in [1.165, 1.54) is 12.1 Å². The van der Waals surface area contributed by atoms with Gasteiger partial charge in [0.2, 0.25) is 0 Å². The second kappa shape index (κ2) is 4.41. The molecule has 0 saturated carbocycles. The molecule has 1 heterocycles. The molecule has 0 bridgehead atoms. The second-order valence-corrected chi connectivity index (χ2v) is 3.63. The molecule has 1 nitrogen and oxygen atoms in total. The highest BCUT2D eigenvalue weighted by Gasteiger charge is 2.09. The van der Waals surface area contributed by atoms with Gasteiger partial charge in [0, 0.05) is 12.4 Å². The Hall–Kier alpha value is -1.41. The predicted octanol–water partition coefficient (Wildman–Crippen LogP) is 3.55. The molecule has 0 spiro atoms. The molecule has 1 aromatic heterocycles. The van der Waals surface area contributed by atoms with Crippen LogP contribution in [0.3, 0.4) is 0 Å². The van der Waals surface area contributed by atoms with Crippen LogP contribution >= 0.6 is 11.6 Å². The van der Waals surface area contributed by atoms with Gasteiger partial charge in [-0.2, -0.15) is 0 Å². The minimum Gasteiger partial charge on any atom is -0.265 e. The highest BCUT2D eigenvalue weighted by atomic mass is 35.5. The molecule has 3 heteroatoms. The molecule has 0 amide bonds. The second-order valence-electron chi connectivity index (χ2n) is 3.19. The summed E-state index contributed by atoms with van der Waals surface area (Å²) in [6.45, 7) is 0. The summed E-state index contributed by atoms with van der Waals surface area (Å²) in [5.41, 5.74) is 1.84. The van der Waals surface area contributed by atoms with E-state index >= 15 is 0 Å². The summed E-state index contributed by atoms with van der Waals surface area (Å²) in [5.74, 6) is -0.252. The molecule has 0 N–H and O–H groups in total. The van der Waals surface area contributed by atoms with Crippen LogP contribution in [0.2, 0.25) is 0 Å². The normalized spacial score (nSPS) is 12.4. The first kappa shape index (κ1) is 10.1. The molecule has 1 atom stereocenters. The summed E-state index contributed by atoms with van der Waals surface area (Å²) in [6, 6.07) is 9.89. The minimum absolute atomic E-state index is 0.252. The molecule has 76 valence electrons. The number of benzene rings is 1. The summed E-state index contributed by atoms with van der Waals surface area (Å²) >= 11 is 6.23. The van der Waals surface area contributed by atoms with E-state index in [4.69, 9.17) is 11.6 Å². The fraction of sp³-hybridized carbons (Fsp3) is 0.0833. The maximum atomic E-state index is 12.7. The number of halogens is 2. The Morgan fingerprint density at radius 1 is 0.933 bits per heavy atom. The van der Waals surface area contributed by atoms with Gasteiger partial charge in [-0.25, -0.2) is 4.39 Å². The quantitative estimate of drug-likeness (QED) is 0.707. The third-order valence-electron chi connectivity index (χ3n) is 2.16. The Balaban J connectivity index is 2.29. The van der Waals surface area contributed by atoms with E-state index in [-0.39, 0.29) is 11.2 Å². The van der Waals surface area contributed by atoms with E-state index in [9.17, 15) is 4.39 Å². The summed E-state index contributed by atoms with van der Waals surface area (Å²) in [7, 11) is 0. The first-order valence-electron chi connectivity index (χ1n) is 4.57. The average Bonchev–Trinajstić information content (AvgIpc) is 2.30. The van der Waals surface area contributed by atoms with Gasteiger partial charge in [-0.05, 0) is 35.4 Å². The Kier molecular flexibility index (Phi) is 2.97. The van der Waals surface area contributed by atoms with Gasteiger partial charge in [0.15, 0.2) is 0 Å². The van der Waals surface area contributed by atoms with Crippen LogP contribution in [-0.4, -0.2) is 4.98 Å². The lowest BCUT2D eigenvalue weighted by molar-refractivity contribution is 0.627. The zero-order valence-electron chi connectivity index (χ0n) is 7.90. The van der Waals surface area contributed by atoms with Crippen molar-refractivity contribution >= 4 is 11.6 Å². The van der Waals surface area contributed by atoms with Crippen LogP contribution in [0.25, 0.3) is 0 Å². The van der Waals surface area contributed by atoms with E-state index in [0.717, 1.165) is 11.1 Å². The zero-order valence-corrected chi connectivity index (χ0v) is 8.66. The van der Waals surface area contributed by atoms with Crippen LogP contribution in [0.4, 0.5) is 4.39 Å². The highest BCUT2D eigenvalue weighted by Crippen LogP contribution is 2.27. The van der Waals surface area contributed by atoms with E-state index < -0.39 is 0 Å². The number of hydrogen-bond acceptors (Lipinski definition) is 1. The fourth-order valence-corrected chi connectivity index (χ4v) is 1.65. The topological polar surface area (TPSA) is 12.9 Å². The number of rotatable bonds is 2. The Morgan fingerprint density at radius 2 is 1.47 bits per heavy atom. The van der Waals surface area contributed by atoms with Gasteiger partial charge < -0.3 is 0 Å². The molecule has 0 radical (unpaired) electrons. The number of aromatic nitrogens is 1. The average molecular weight is 222 g/mol. The van der Waals surface area contributed by atoms with E-state index in [0.29, 0.717) is 0 Å². The summed E-state index contributed by atoms with van der Waals surface area (Å²) in [6.07, 6.45) is 3.38. The van der Waals surface area contributed by atoms with Crippen molar-refractivity contribution in [3.63, 3.8) is 0 Å². The van der Waals surface area contributed by atoms with Gasteiger partial charge in [0.25, 0.3) is 0 Å². The van der Waals surface area contributed by atoms with Gasteiger partial charge in [-0.1, -0.05) is 12.1 Å². The van der Waals surface area contributed by atoms with Crippen LogP contribution in [0, 0.1) is 5.82 Å². The summed E-state index contributed by atoms with van der Waals surface area (Å²) < 4.78 is 12.7. The molecular formula is C12H9ClFN. The first-order valence-corrected chi connectivity index (χ1v) is 5.00. The molecule has 0 aliphatic heterocycles. The van der Waals surface area contributed by atoms with Crippen molar-refractivity contribution in [3.05, 3.63) is 65.7 Å². The maximum Gasteiger partial charge on any atom is 0.123 e. The number of alkyl halides is 1. The van der Waals surface area contributed by atoms with Crippen LogP contribution in [-0.2, 0) is 0 Å². The molecule has 0 fully saturated rings. The summed E-state index contributed by atoms with van der Waals surface area (Å²) in [4.78, 5) is 3.92. The molecule has 2 aromatic rings. The SMILES string of the molecule is Fc1ccc(C(Cl)c2ccncc2)cc1.